The second kappa shape index (κ2) is 13.0. The summed E-state index contributed by atoms with van der Waals surface area (Å²) < 4.78 is 5.94. The Morgan fingerprint density at radius 3 is 2.76 bits per heavy atom. The molecule has 0 saturated heterocycles. The number of anilines is 3. The first-order valence-corrected chi connectivity index (χ1v) is 13.5. The monoisotopic (exact) mass is 513 g/mol. The Balaban J connectivity index is 1.56. The number of unbranched alkanes of at least 4 members (excludes halogenated alkanes) is 2. The Bertz CT molecular complexity index is 1330. The minimum absolute atomic E-state index is 0.572. The van der Waals surface area contributed by atoms with Crippen LogP contribution in [0, 0.1) is 6.92 Å². The summed E-state index contributed by atoms with van der Waals surface area (Å²) in [7, 11) is 2.07. The number of fused-ring (bicyclic) bond motifs is 1. The van der Waals surface area contributed by atoms with Gasteiger partial charge in [0.05, 0.1) is 18.7 Å². The Labute approximate surface area is 226 Å². The molecule has 8 heteroatoms. The minimum Gasteiger partial charge on any atom is -0.490 e. The van der Waals surface area contributed by atoms with Crippen LogP contribution in [0.2, 0.25) is 0 Å². The lowest BCUT2D eigenvalue weighted by atomic mass is 9.99. The lowest BCUT2D eigenvalue weighted by Crippen LogP contribution is -2.21. The number of pyridine rings is 1. The van der Waals surface area contributed by atoms with Gasteiger partial charge in [0.2, 0.25) is 0 Å². The molecule has 1 aliphatic rings. The van der Waals surface area contributed by atoms with Crippen LogP contribution in [-0.2, 0) is 6.42 Å². The molecular formula is C30H39N7O. The summed E-state index contributed by atoms with van der Waals surface area (Å²) in [6.07, 6.45) is 14.1. The maximum absolute atomic E-state index is 5.94. The highest BCUT2D eigenvalue weighted by Gasteiger charge is 2.16. The fourth-order valence-electron chi connectivity index (χ4n) is 4.50. The molecular weight excluding hydrogens is 474 g/mol. The van der Waals surface area contributed by atoms with Crippen molar-refractivity contribution in [1.82, 2.24) is 20.0 Å². The number of nitrogens with zero attached hydrogens (tertiary/aromatic N) is 6. The van der Waals surface area contributed by atoms with E-state index in [0.717, 1.165) is 54.2 Å². The number of allylic oxidation sites excluding steroid dienone is 2. The highest BCUT2D eigenvalue weighted by Crippen LogP contribution is 2.32. The van der Waals surface area contributed by atoms with Crippen molar-refractivity contribution in [3.8, 4) is 5.75 Å². The lowest BCUT2D eigenvalue weighted by Gasteiger charge is -2.22. The second-order valence-corrected chi connectivity index (χ2v) is 9.50. The zero-order valence-electron chi connectivity index (χ0n) is 23.2. The molecule has 0 spiro atoms. The van der Waals surface area contributed by atoms with Crippen molar-refractivity contribution in [3.05, 3.63) is 65.6 Å². The number of hydrogen-bond acceptors (Lipinski definition) is 8. The number of hydrazone groups is 1. The number of ether oxygens (including phenoxy) is 1. The van der Waals surface area contributed by atoms with Crippen molar-refractivity contribution in [2.75, 3.05) is 37.0 Å². The van der Waals surface area contributed by atoms with Gasteiger partial charge >= 0.3 is 0 Å². The van der Waals surface area contributed by atoms with E-state index in [1.54, 1.807) is 12.5 Å². The first kappa shape index (κ1) is 27.1. The average Bonchev–Trinajstić information content (AvgIpc) is 2.91. The van der Waals surface area contributed by atoms with Gasteiger partial charge in [0.15, 0.2) is 17.4 Å². The number of aromatic nitrogens is 3. The molecule has 0 aliphatic carbocycles. The molecule has 0 fully saturated rings. The quantitative estimate of drug-likeness (QED) is 0.222. The average molecular weight is 514 g/mol. The number of nitrogens with one attached hydrogen (secondary N) is 1. The van der Waals surface area contributed by atoms with Gasteiger partial charge in [0.1, 0.15) is 11.8 Å². The van der Waals surface area contributed by atoms with Crippen LogP contribution in [0.4, 0.5) is 17.3 Å². The number of benzene rings is 1. The third-order valence-corrected chi connectivity index (χ3v) is 6.58. The van der Waals surface area contributed by atoms with Crippen molar-refractivity contribution < 1.29 is 4.74 Å². The van der Waals surface area contributed by atoms with E-state index in [9.17, 15) is 0 Å². The molecule has 1 aromatic carbocycles. The van der Waals surface area contributed by atoms with E-state index in [-0.39, 0.29) is 0 Å². The van der Waals surface area contributed by atoms with E-state index in [4.69, 9.17) is 9.72 Å². The van der Waals surface area contributed by atoms with Gasteiger partial charge in [-0.1, -0.05) is 31.9 Å². The van der Waals surface area contributed by atoms with Gasteiger partial charge in [-0.2, -0.15) is 5.10 Å². The largest absolute Gasteiger partial charge is 0.490 e. The summed E-state index contributed by atoms with van der Waals surface area (Å²) in [6.45, 7) is 10.6. The zero-order valence-corrected chi connectivity index (χ0v) is 23.2. The summed E-state index contributed by atoms with van der Waals surface area (Å²) in [5.41, 5.74) is 6.26. The highest BCUT2D eigenvalue weighted by atomic mass is 16.5. The zero-order chi connectivity index (χ0) is 26.9. The molecule has 0 unspecified atom stereocenters. The SMILES string of the molecule is C/C=N\N1C=CC(Cc2ccc(Nc3ncnc4cc(OCC)c(N(C)CCCCC)nc34)cc2C)=CC1. The van der Waals surface area contributed by atoms with E-state index in [0.29, 0.717) is 12.4 Å². The molecule has 0 atom stereocenters. The molecule has 200 valence electrons. The molecule has 1 N–H and O–H groups in total. The topological polar surface area (TPSA) is 78.8 Å². The number of rotatable bonds is 12. The van der Waals surface area contributed by atoms with Crippen LogP contribution < -0.4 is 15.0 Å². The third-order valence-electron chi connectivity index (χ3n) is 6.58. The van der Waals surface area contributed by atoms with Crippen molar-refractivity contribution in [3.63, 3.8) is 0 Å². The van der Waals surface area contributed by atoms with Crippen LogP contribution in [0.1, 0.15) is 51.2 Å². The van der Waals surface area contributed by atoms with Crippen LogP contribution >= 0.6 is 0 Å². The Hall–Kier alpha value is -3.94. The molecule has 0 saturated carbocycles. The summed E-state index contributed by atoms with van der Waals surface area (Å²) >= 11 is 0. The maximum Gasteiger partial charge on any atom is 0.171 e. The minimum atomic E-state index is 0.572. The first-order valence-electron chi connectivity index (χ1n) is 13.5. The van der Waals surface area contributed by atoms with Crippen molar-refractivity contribution >= 4 is 34.6 Å². The van der Waals surface area contributed by atoms with E-state index < -0.39 is 0 Å². The number of aryl methyl sites for hydroxylation is 1. The molecule has 1 aliphatic heterocycles. The van der Waals surface area contributed by atoms with Gasteiger partial charge < -0.3 is 15.0 Å². The van der Waals surface area contributed by atoms with Crippen molar-refractivity contribution in [2.24, 2.45) is 5.10 Å². The van der Waals surface area contributed by atoms with E-state index >= 15 is 0 Å². The summed E-state index contributed by atoms with van der Waals surface area (Å²) in [5, 5.41) is 9.71. The van der Waals surface area contributed by atoms with Crippen LogP contribution in [0.5, 0.6) is 5.75 Å². The molecule has 0 bridgehead atoms. The lowest BCUT2D eigenvalue weighted by molar-refractivity contribution is 0.340. The van der Waals surface area contributed by atoms with E-state index in [1.807, 2.05) is 31.1 Å². The van der Waals surface area contributed by atoms with Gasteiger partial charge in [0.25, 0.3) is 0 Å². The van der Waals surface area contributed by atoms with Crippen LogP contribution in [-0.4, -0.2) is 52.9 Å². The van der Waals surface area contributed by atoms with Gasteiger partial charge in [-0.15, -0.1) is 0 Å². The van der Waals surface area contributed by atoms with Crippen LogP contribution in [0.15, 0.2) is 59.6 Å². The molecule has 0 radical (unpaired) electrons. The molecule has 3 aromatic rings. The van der Waals surface area contributed by atoms with E-state index in [1.165, 1.54) is 29.5 Å². The van der Waals surface area contributed by atoms with Gasteiger partial charge in [-0.3, -0.25) is 5.01 Å². The third kappa shape index (κ3) is 6.68. The fourth-order valence-corrected chi connectivity index (χ4v) is 4.50. The number of hydrogen-bond donors (Lipinski definition) is 1. The van der Waals surface area contributed by atoms with Crippen LogP contribution in [0.25, 0.3) is 11.0 Å². The second-order valence-electron chi connectivity index (χ2n) is 9.50. The van der Waals surface area contributed by atoms with Crippen LogP contribution in [0.3, 0.4) is 0 Å². The Morgan fingerprint density at radius 2 is 2.05 bits per heavy atom. The molecule has 4 rings (SSSR count). The predicted molar refractivity (Wildman–Crippen MR) is 158 cm³/mol. The standard InChI is InChI=1S/C30H39N7O/c1-6-9-10-15-36(5)30-27(38-8-3)20-26-28(35-30)29(32-21-31-26)34-25-12-11-24(22(4)18-25)19-23-13-16-37(17-14-23)33-7-2/h7,11-14,16,18,20-21H,6,8-10,15,17,19H2,1-5H3,(H,31,32,34)/b33-7-. The summed E-state index contributed by atoms with van der Waals surface area (Å²) in [4.78, 5) is 16.2. The molecule has 0 amide bonds. The smallest absolute Gasteiger partial charge is 0.171 e. The summed E-state index contributed by atoms with van der Waals surface area (Å²) in [5.74, 6) is 2.25. The van der Waals surface area contributed by atoms with Crippen molar-refractivity contribution in [1.29, 1.82) is 0 Å². The highest BCUT2D eigenvalue weighted by molar-refractivity contribution is 5.89. The van der Waals surface area contributed by atoms with Gasteiger partial charge in [0, 0.05) is 37.8 Å². The first-order chi connectivity index (χ1) is 18.5. The van der Waals surface area contributed by atoms with Gasteiger partial charge in [-0.25, -0.2) is 15.0 Å². The fraction of sp³-hybridized carbons (Fsp3) is 0.400. The Kier molecular flexibility index (Phi) is 9.30. The maximum atomic E-state index is 5.94. The molecule has 8 nitrogen and oxygen atoms in total. The van der Waals surface area contributed by atoms with E-state index in [2.05, 4.69) is 76.5 Å². The molecule has 38 heavy (non-hydrogen) atoms. The summed E-state index contributed by atoms with van der Waals surface area (Å²) in [6, 6.07) is 8.41. The molecule has 3 heterocycles. The molecule has 2 aromatic heterocycles. The Morgan fingerprint density at radius 1 is 1.18 bits per heavy atom. The normalized spacial score (nSPS) is 13.3. The van der Waals surface area contributed by atoms with Gasteiger partial charge in [-0.05, 0) is 68.5 Å². The predicted octanol–water partition coefficient (Wildman–Crippen LogP) is 6.41. The van der Waals surface area contributed by atoms with Crippen molar-refractivity contribution in [2.45, 2.75) is 53.4 Å².